The number of hydrogen-bond acceptors (Lipinski definition) is 3. The van der Waals surface area contributed by atoms with Crippen LogP contribution in [0, 0.1) is 5.82 Å². The van der Waals surface area contributed by atoms with Crippen molar-refractivity contribution in [3.63, 3.8) is 0 Å². The van der Waals surface area contributed by atoms with Gasteiger partial charge < -0.3 is 15.0 Å². The lowest BCUT2D eigenvalue weighted by molar-refractivity contribution is 0.0938. The Hall–Kier alpha value is -2.40. The van der Waals surface area contributed by atoms with Crippen molar-refractivity contribution in [2.45, 2.75) is 31.1 Å². The molecule has 2 aromatic carbocycles. The molecule has 0 unspecified atom stereocenters. The fourth-order valence-electron chi connectivity index (χ4n) is 3.89. The smallest absolute Gasteiger partial charge is 0.255 e. The molecule has 1 aliphatic rings. The van der Waals surface area contributed by atoms with Crippen LogP contribution in [0.3, 0.4) is 0 Å². The van der Waals surface area contributed by atoms with Gasteiger partial charge in [0.15, 0.2) is 0 Å². The number of carbonyl (C=O) groups is 1. The zero-order valence-electron chi connectivity index (χ0n) is 16.7. The predicted molar refractivity (Wildman–Crippen MR) is 109 cm³/mol. The van der Waals surface area contributed by atoms with Crippen molar-refractivity contribution in [1.82, 2.24) is 10.2 Å². The minimum Gasteiger partial charge on any atom is -0.491 e. The Bertz CT molecular complexity index is 783. The first-order chi connectivity index (χ1) is 13.5. The molecule has 3 rings (SSSR count). The maximum atomic E-state index is 13.3. The molecule has 1 saturated carbocycles. The van der Waals surface area contributed by atoms with Crippen LogP contribution in [0.15, 0.2) is 48.5 Å². The number of amides is 1. The van der Waals surface area contributed by atoms with Crippen molar-refractivity contribution in [2.24, 2.45) is 0 Å². The lowest BCUT2D eigenvalue weighted by Gasteiger charge is -2.30. The molecule has 0 saturated heterocycles. The number of rotatable bonds is 8. The van der Waals surface area contributed by atoms with Crippen molar-refractivity contribution in [2.75, 3.05) is 33.8 Å². The van der Waals surface area contributed by atoms with Gasteiger partial charge in [0.25, 0.3) is 5.91 Å². The number of carbonyl (C=O) groups excluding carboxylic acids is 1. The minimum absolute atomic E-state index is 0.121. The molecule has 5 heteroatoms. The predicted octanol–water partition coefficient (Wildman–Crippen LogP) is 4.01. The average Bonchev–Trinajstić information content (AvgIpc) is 3.17. The van der Waals surface area contributed by atoms with Crippen molar-refractivity contribution in [1.29, 1.82) is 0 Å². The SMILES string of the molecule is CN(C)CCOc1ccccc1C(=O)NCC1(c2ccc(F)cc2)CCCC1. The normalized spacial score (nSPS) is 15.6. The molecule has 1 fully saturated rings. The number of likely N-dealkylation sites (N-methyl/N-ethyl adjacent to an activating group) is 1. The summed E-state index contributed by atoms with van der Waals surface area (Å²) < 4.78 is 19.2. The molecule has 0 spiro atoms. The number of para-hydroxylation sites is 1. The first-order valence-corrected chi connectivity index (χ1v) is 9.91. The number of benzene rings is 2. The highest BCUT2D eigenvalue weighted by Crippen LogP contribution is 2.40. The summed E-state index contributed by atoms with van der Waals surface area (Å²) >= 11 is 0. The van der Waals surface area contributed by atoms with E-state index < -0.39 is 0 Å². The van der Waals surface area contributed by atoms with E-state index in [1.165, 1.54) is 12.1 Å². The van der Waals surface area contributed by atoms with Crippen LogP contribution >= 0.6 is 0 Å². The molecule has 28 heavy (non-hydrogen) atoms. The number of ether oxygens (including phenoxy) is 1. The zero-order chi connectivity index (χ0) is 20.0. The second kappa shape index (κ2) is 9.20. The third kappa shape index (κ3) is 4.90. The largest absolute Gasteiger partial charge is 0.491 e. The van der Waals surface area contributed by atoms with Crippen LogP contribution < -0.4 is 10.1 Å². The Morgan fingerprint density at radius 3 is 2.46 bits per heavy atom. The van der Waals surface area contributed by atoms with Gasteiger partial charge in [-0.05, 0) is 56.8 Å². The van der Waals surface area contributed by atoms with Gasteiger partial charge >= 0.3 is 0 Å². The lowest BCUT2D eigenvalue weighted by atomic mass is 9.78. The van der Waals surface area contributed by atoms with Crippen molar-refractivity contribution >= 4 is 5.91 Å². The van der Waals surface area contributed by atoms with Crippen LogP contribution in [0.1, 0.15) is 41.6 Å². The number of nitrogens with one attached hydrogen (secondary N) is 1. The molecule has 0 aromatic heterocycles. The molecule has 1 aliphatic carbocycles. The Labute approximate surface area is 166 Å². The highest BCUT2D eigenvalue weighted by molar-refractivity contribution is 5.97. The Kier molecular flexibility index (Phi) is 6.68. The maximum absolute atomic E-state index is 13.3. The first kappa shape index (κ1) is 20.3. The van der Waals surface area contributed by atoms with Gasteiger partial charge in [-0.1, -0.05) is 37.1 Å². The quantitative estimate of drug-likeness (QED) is 0.748. The molecule has 1 amide bonds. The van der Waals surface area contributed by atoms with Crippen LogP contribution in [0.5, 0.6) is 5.75 Å². The summed E-state index contributed by atoms with van der Waals surface area (Å²) in [4.78, 5) is 14.9. The summed E-state index contributed by atoms with van der Waals surface area (Å²) in [7, 11) is 3.97. The maximum Gasteiger partial charge on any atom is 0.255 e. The van der Waals surface area contributed by atoms with E-state index in [9.17, 15) is 9.18 Å². The molecule has 1 N–H and O–H groups in total. The van der Waals surface area contributed by atoms with Crippen molar-refractivity contribution in [3.8, 4) is 5.75 Å². The molecule has 0 radical (unpaired) electrons. The number of nitrogens with zero attached hydrogens (tertiary/aromatic N) is 1. The van der Waals surface area contributed by atoms with E-state index in [2.05, 4.69) is 5.32 Å². The van der Waals surface area contributed by atoms with Gasteiger partial charge in [-0.3, -0.25) is 4.79 Å². The first-order valence-electron chi connectivity index (χ1n) is 9.91. The lowest BCUT2D eigenvalue weighted by Crippen LogP contribution is -2.39. The molecule has 4 nitrogen and oxygen atoms in total. The van der Waals surface area contributed by atoms with Crippen LogP contribution in [0.4, 0.5) is 4.39 Å². The van der Waals surface area contributed by atoms with Crippen LogP contribution in [-0.4, -0.2) is 44.6 Å². The van der Waals surface area contributed by atoms with E-state index in [-0.39, 0.29) is 17.1 Å². The van der Waals surface area contributed by atoms with E-state index in [0.29, 0.717) is 24.5 Å². The van der Waals surface area contributed by atoms with Gasteiger partial charge in [-0.15, -0.1) is 0 Å². The molecule has 150 valence electrons. The van der Waals surface area contributed by atoms with E-state index >= 15 is 0 Å². The topological polar surface area (TPSA) is 41.6 Å². The molecular weight excluding hydrogens is 355 g/mol. The third-order valence-electron chi connectivity index (χ3n) is 5.53. The summed E-state index contributed by atoms with van der Waals surface area (Å²) in [5.41, 5.74) is 1.53. The Morgan fingerprint density at radius 1 is 1.11 bits per heavy atom. The fraction of sp³-hybridized carbons (Fsp3) is 0.435. The standard InChI is InChI=1S/C23H29FN2O2/c1-26(2)15-16-28-21-8-4-3-7-20(21)22(27)25-17-23(13-5-6-14-23)18-9-11-19(24)12-10-18/h3-4,7-12H,5-6,13-17H2,1-2H3,(H,25,27). The van der Waals surface area contributed by atoms with E-state index in [4.69, 9.17) is 4.74 Å². The molecule has 0 aliphatic heterocycles. The fourth-order valence-corrected chi connectivity index (χ4v) is 3.89. The monoisotopic (exact) mass is 384 g/mol. The summed E-state index contributed by atoms with van der Waals surface area (Å²) in [5.74, 6) is 0.239. The average molecular weight is 384 g/mol. The van der Waals surface area contributed by atoms with Crippen LogP contribution in [-0.2, 0) is 5.41 Å². The van der Waals surface area contributed by atoms with Gasteiger partial charge in [-0.25, -0.2) is 4.39 Å². The summed E-state index contributed by atoms with van der Waals surface area (Å²) in [6, 6.07) is 14.1. The molecule has 0 heterocycles. The Balaban J connectivity index is 1.69. The summed E-state index contributed by atoms with van der Waals surface area (Å²) in [5, 5.41) is 3.11. The molecular formula is C23H29FN2O2. The van der Waals surface area contributed by atoms with Gasteiger partial charge in [0.2, 0.25) is 0 Å². The number of hydrogen-bond donors (Lipinski definition) is 1. The van der Waals surface area contributed by atoms with E-state index in [1.807, 2.05) is 49.3 Å². The number of halogens is 1. The minimum atomic E-state index is -0.232. The van der Waals surface area contributed by atoms with E-state index in [1.54, 1.807) is 6.07 Å². The zero-order valence-corrected chi connectivity index (χ0v) is 16.7. The molecule has 0 atom stereocenters. The molecule has 0 bridgehead atoms. The summed E-state index contributed by atoms with van der Waals surface area (Å²) in [6.07, 6.45) is 4.24. The van der Waals surface area contributed by atoms with Crippen LogP contribution in [0.25, 0.3) is 0 Å². The third-order valence-corrected chi connectivity index (χ3v) is 5.53. The van der Waals surface area contributed by atoms with Crippen LogP contribution in [0.2, 0.25) is 0 Å². The molecule has 2 aromatic rings. The van der Waals surface area contributed by atoms with Gasteiger partial charge in [0.05, 0.1) is 5.56 Å². The highest BCUT2D eigenvalue weighted by atomic mass is 19.1. The summed E-state index contributed by atoms with van der Waals surface area (Å²) in [6.45, 7) is 1.85. The van der Waals surface area contributed by atoms with Gasteiger partial charge in [0.1, 0.15) is 18.2 Å². The van der Waals surface area contributed by atoms with E-state index in [0.717, 1.165) is 37.8 Å². The second-order valence-corrected chi connectivity index (χ2v) is 7.82. The second-order valence-electron chi connectivity index (χ2n) is 7.82. The van der Waals surface area contributed by atoms with Crippen molar-refractivity contribution in [3.05, 3.63) is 65.5 Å². The van der Waals surface area contributed by atoms with Gasteiger partial charge in [-0.2, -0.15) is 0 Å². The van der Waals surface area contributed by atoms with Gasteiger partial charge in [0, 0.05) is 18.5 Å². The van der Waals surface area contributed by atoms with Crippen molar-refractivity contribution < 1.29 is 13.9 Å². The Morgan fingerprint density at radius 2 is 1.79 bits per heavy atom. The highest BCUT2D eigenvalue weighted by Gasteiger charge is 2.36.